The third-order valence-corrected chi connectivity index (χ3v) is 5.85. The van der Waals surface area contributed by atoms with E-state index in [1.807, 2.05) is 13.8 Å². The van der Waals surface area contributed by atoms with Crippen molar-refractivity contribution in [3.8, 4) is 5.75 Å². The highest BCUT2D eigenvalue weighted by Crippen LogP contribution is 2.38. The maximum atomic E-state index is 14.3. The molecule has 0 radical (unpaired) electrons. The lowest BCUT2D eigenvalue weighted by molar-refractivity contribution is 0.0694. The second-order valence-corrected chi connectivity index (χ2v) is 8.01. The van der Waals surface area contributed by atoms with Crippen LogP contribution in [0.2, 0.25) is 0 Å². The van der Waals surface area contributed by atoms with Crippen molar-refractivity contribution in [3.63, 3.8) is 0 Å². The Labute approximate surface area is 183 Å². The minimum atomic E-state index is -1.38. The Kier molecular flexibility index (Phi) is 6.67. The number of ether oxygens (including phenoxy) is 1. The van der Waals surface area contributed by atoms with E-state index in [0.717, 1.165) is 0 Å². The van der Waals surface area contributed by atoms with Crippen LogP contribution in [-0.2, 0) is 0 Å². The molecule has 3 rings (SSSR count). The number of aromatic carboxylic acids is 1. The lowest BCUT2D eigenvalue weighted by Gasteiger charge is -2.25. The Morgan fingerprint density at radius 2 is 1.90 bits per heavy atom. The average molecular weight is 448 g/mol. The second-order valence-electron chi connectivity index (χ2n) is 7.57. The molecule has 0 saturated heterocycles. The van der Waals surface area contributed by atoms with Crippen LogP contribution in [0, 0.1) is 11.7 Å². The van der Waals surface area contributed by atoms with Gasteiger partial charge in [-0.25, -0.2) is 9.18 Å². The van der Waals surface area contributed by atoms with E-state index in [0.29, 0.717) is 16.8 Å². The fraction of sp³-hybridized carbons (Fsp3) is 0.304. The second kappa shape index (κ2) is 9.08. The van der Waals surface area contributed by atoms with Crippen molar-refractivity contribution in [2.75, 3.05) is 13.7 Å². The van der Waals surface area contributed by atoms with Gasteiger partial charge in [-0.1, -0.05) is 32.0 Å². The van der Waals surface area contributed by atoms with Crippen molar-refractivity contribution in [2.24, 2.45) is 5.92 Å². The number of rotatable bonds is 7. The van der Waals surface area contributed by atoms with Crippen molar-refractivity contribution >= 4 is 28.5 Å². The minimum absolute atomic E-state index is 0.0535. The summed E-state index contributed by atoms with van der Waals surface area (Å²) in [6.07, 6.45) is 1.24. The van der Waals surface area contributed by atoms with Gasteiger partial charge in [-0.05, 0) is 18.1 Å². The van der Waals surface area contributed by atoms with Gasteiger partial charge in [0.05, 0.1) is 30.7 Å². The molecule has 0 fully saturated rings. The van der Waals surface area contributed by atoms with Crippen molar-refractivity contribution in [3.05, 3.63) is 75.3 Å². The van der Waals surface area contributed by atoms with E-state index in [4.69, 9.17) is 16.3 Å². The summed E-state index contributed by atoms with van der Waals surface area (Å²) in [7, 11) is 1.43. The van der Waals surface area contributed by atoms with Crippen LogP contribution in [-0.4, -0.2) is 34.5 Å². The third-order valence-electron chi connectivity index (χ3n) is 5.38. The summed E-state index contributed by atoms with van der Waals surface area (Å²) in [5.74, 6) is -1.63. The minimum Gasteiger partial charge on any atom is -0.496 e. The number of halogens is 2. The Morgan fingerprint density at radius 3 is 2.45 bits per heavy atom. The Balaban J connectivity index is 2.38. The van der Waals surface area contributed by atoms with Crippen molar-refractivity contribution < 1.29 is 24.1 Å². The number of fused-ring (bicyclic) bond motifs is 1. The lowest BCUT2D eigenvalue weighted by atomic mass is 9.98. The first-order valence-electron chi connectivity index (χ1n) is 9.70. The Bertz CT molecular complexity index is 1190. The number of alkyl halides is 1. The summed E-state index contributed by atoms with van der Waals surface area (Å²) in [5, 5.41) is 18.6. The first kappa shape index (κ1) is 22.8. The molecule has 164 valence electrons. The van der Waals surface area contributed by atoms with Gasteiger partial charge in [0.2, 0.25) is 5.43 Å². The molecule has 0 saturated carbocycles. The maximum absolute atomic E-state index is 14.3. The van der Waals surface area contributed by atoms with Crippen molar-refractivity contribution in [1.82, 2.24) is 4.57 Å². The van der Waals surface area contributed by atoms with E-state index >= 15 is 0 Å². The zero-order chi connectivity index (χ0) is 22.9. The zero-order valence-electron chi connectivity index (χ0n) is 17.3. The summed E-state index contributed by atoms with van der Waals surface area (Å²) < 4.78 is 21.4. The van der Waals surface area contributed by atoms with Gasteiger partial charge in [0, 0.05) is 28.8 Å². The lowest BCUT2D eigenvalue weighted by Crippen LogP contribution is -2.25. The topological polar surface area (TPSA) is 88.8 Å². The van der Waals surface area contributed by atoms with Crippen LogP contribution in [0.1, 0.15) is 46.8 Å². The molecule has 0 amide bonds. The van der Waals surface area contributed by atoms with Crippen LogP contribution in [0.4, 0.5) is 4.39 Å². The van der Waals surface area contributed by atoms with Gasteiger partial charge in [0.1, 0.15) is 17.1 Å². The molecule has 1 heterocycles. The largest absolute Gasteiger partial charge is 0.496 e. The van der Waals surface area contributed by atoms with E-state index < -0.39 is 34.2 Å². The van der Waals surface area contributed by atoms with E-state index in [1.165, 1.54) is 31.5 Å². The smallest absolute Gasteiger partial charge is 0.341 e. The van der Waals surface area contributed by atoms with Gasteiger partial charge in [-0.3, -0.25) is 4.79 Å². The quantitative estimate of drug-likeness (QED) is 0.525. The number of benzene rings is 2. The monoisotopic (exact) mass is 447 g/mol. The van der Waals surface area contributed by atoms with E-state index in [2.05, 4.69) is 0 Å². The number of aromatic nitrogens is 1. The molecular weight excluding hydrogens is 425 g/mol. The number of hydrogen-bond acceptors (Lipinski definition) is 4. The number of nitrogens with zero attached hydrogens (tertiary/aromatic N) is 1. The fourth-order valence-corrected chi connectivity index (χ4v) is 4.01. The van der Waals surface area contributed by atoms with Crippen LogP contribution in [0.25, 0.3) is 10.9 Å². The summed E-state index contributed by atoms with van der Waals surface area (Å²) in [4.78, 5) is 24.7. The molecule has 0 bridgehead atoms. The Hall–Kier alpha value is -2.90. The fourth-order valence-electron chi connectivity index (χ4n) is 3.66. The SMILES string of the molecule is COc1cc2c(cc1C(Cl)c1ccccc1F)c(=O)c(C(=O)O)cn2[C@H](CO)C(C)C. The maximum Gasteiger partial charge on any atom is 0.341 e. The summed E-state index contributed by atoms with van der Waals surface area (Å²) >= 11 is 6.57. The number of hydrogen-bond donors (Lipinski definition) is 2. The number of aliphatic hydroxyl groups is 1. The summed E-state index contributed by atoms with van der Waals surface area (Å²) in [5.41, 5.74) is -0.203. The molecule has 2 aromatic carbocycles. The molecule has 0 aliphatic heterocycles. The predicted octanol–water partition coefficient (Wildman–Crippen LogP) is 4.37. The van der Waals surface area contributed by atoms with E-state index in [9.17, 15) is 24.2 Å². The van der Waals surface area contributed by atoms with Crippen molar-refractivity contribution in [1.29, 1.82) is 0 Å². The Morgan fingerprint density at radius 1 is 1.23 bits per heavy atom. The highest BCUT2D eigenvalue weighted by molar-refractivity contribution is 6.23. The molecule has 0 aliphatic rings. The first-order chi connectivity index (χ1) is 14.7. The number of carbonyl (C=O) groups is 1. The van der Waals surface area contributed by atoms with Gasteiger partial charge in [-0.2, -0.15) is 0 Å². The number of carboxylic acids is 1. The third kappa shape index (κ3) is 4.16. The zero-order valence-corrected chi connectivity index (χ0v) is 18.1. The van der Waals surface area contributed by atoms with Crippen molar-refractivity contribution in [2.45, 2.75) is 25.3 Å². The number of pyridine rings is 1. The molecule has 8 heteroatoms. The summed E-state index contributed by atoms with van der Waals surface area (Å²) in [6.45, 7) is 3.50. The predicted molar refractivity (Wildman–Crippen MR) is 117 cm³/mol. The van der Waals surface area contributed by atoms with Crippen LogP contribution in [0.3, 0.4) is 0 Å². The molecule has 2 atom stereocenters. The number of methoxy groups -OCH3 is 1. The van der Waals surface area contributed by atoms with Gasteiger partial charge in [-0.15, -0.1) is 11.6 Å². The average Bonchev–Trinajstić information content (AvgIpc) is 2.74. The molecule has 31 heavy (non-hydrogen) atoms. The molecule has 2 N–H and O–H groups in total. The molecule has 1 unspecified atom stereocenters. The summed E-state index contributed by atoms with van der Waals surface area (Å²) in [6, 6.07) is 8.53. The van der Waals surface area contributed by atoms with Gasteiger partial charge in [0.15, 0.2) is 0 Å². The molecule has 0 spiro atoms. The van der Waals surface area contributed by atoms with Crippen LogP contribution in [0.5, 0.6) is 5.75 Å². The van der Waals surface area contributed by atoms with Gasteiger partial charge >= 0.3 is 5.97 Å². The highest BCUT2D eigenvalue weighted by atomic mass is 35.5. The normalized spacial score (nSPS) is 13.4. The van der Waals surface area contributed by atoms with Gasteiger partial charge in [0.25, 0.3) is 0 Å². The van der Waals surface area contributed by atoms with Crippen LogP contribution in [0.15, 0.2) is 47.4 Å². The van der Waals surface area contributed by atoms with Crippen LogP contribution >= 0.6 is 11.6 Å². The van der Waals surface area contributed by atoms with Crippen LogP contribution < -0.4 is 10.2 Å². The standard InChI is InChI=1S/C23H23ClFNO5/c1-12(2)19(11-27)26-10-16(23(29)30)22(28)14-8-15(20(31-3)9-18(14)26)21(24)13-6-4-5-7-17(13)25/h4-10,12,19,21,27H,11H2,1-3H3,(H,29,30)/t19-,21?/m1/s1. The highest BCUT2D eigenvalue weighted by Gasteiger charge is 2.25. The molecule has 3 aromatic rings. The molecule has 6 nitrogen and oxygen atoms in total. The van der Waals surface area contributed by atoms with Gasteiger partial charge < -0.3 is 19.5 Å². The molecule has 1 aromatic heterocycles. The number of aliphatic hydroxyl groups excluding tert-OH is 1. The van der Waals surface area contributed by atoms with E-state index in [-0.39, 0.29) is 23.5 Å². The van der Waals surface area contributed by atoms with E-state index in [1.54, 1.807) is 22.8 Å². The number of carboxylic acid groups (broad SMARTS) is 1. The molecular formula is C23H23ClFNO5. The molecule has 0 aliphatic carbocycles. The first-order valence-corrected chi connectivity index (χ1v) is 10.1.